The largest absolute Gasteiger partial charge is 0.444 e. The van der Waals surface area contributed by atoms with Crippen molar-refractivity contribution in [2.45, 2.75) is 46.1 Å². The van der Waals surface area contributed by atoms with Gasteiger partial charge in [0.2, 0.25) is 11.8 Å². The average molecular weight is 676 g/mol. The molecule has 1 unspecified atom stereocenters. The van der Waals surface area contributed by atoms with Gasteiger partial charge in [-0.15, -0.1) is 0 Å². The van der Waals surface area contributed by atoms with Gasteiger partial charge in [0.05, 0.1) is 55.3 Å². The van der Waals surface area contributed by atoms with Crippen LogP contribution in [0, 0.1) is 5.92 Å². The molecular weight excluding hydrogens is 627 g/mol. The van der Waals surface area contributed by atoms with Crippen molar-refractivity contribution in [3.63, 3.8) is 0 Å². The standard InChI is InChI=1S/C30H48Cl2N6O7/c1-22-20-38(23-8-9-24(31)25(32)19-23)36-28(22)35-26(39)7-6-10-33-27(40)21-44-18-17-43-16-13-37(5)12-15-42-14-11-34-29(41)45-30(2,3)4/h8-9,19,22H,6-7,10-18,20-21H2,1-5H3,(H,33,40)(H,34,41)(H,35,36,39). The van der Waals surface area contributed by atoms with Crippen LogP contribution in [-0.4, -0.2) is 114 Å². The number of likely N-dealkylation sites (N-methyl/N-ethyl adjacent to an activating group) is 1. The van der Waals surface area contributed by atoms with Crippen LogP contribution in [0.4, 0.5) is 10.5 Å². The number of nitrogens with zero attached hydrogens (tertiary/aromatic N) is 3. The number of alkyl carbamates (subject to hydrolysis) is 1. The predicted octanol–water partition coefficient (Wildman–Crippen LogP) is 3.28. The Labute approximate surface area is 276 Å². The quantitative estimate of drug-likeness (QED) is 0.188. The third-order valence-electron chi connectivity index (χ3n) is 6.27. The molecule has 1 aliphatic heterocycles. The van der Waals surface area contributed by atoms with E-state index < -0.39 is 11.7 Å². The van der Waals surface area contributed by atoms with Crippen LogP contribution in [0.2, 0.25) is 10.0 Å². The number of hydrazone groups is 1. The van der Waals surface area contributed by atoms with E-state index in [4.69, 9.17) is 42.1 Å². The number of rotatable bonds is 19. The summed E-state index contributed by atoms with van der Waals surface area (Å²) in [5.74, 6) is 0.220. The molecular formula is C30H48Cl2N6O7. The number of ether oxygens (including phenoxy) is 4. The van der Waals surface area contributed by atoms with Crippen molar-refractivity contribution in [3.8, 4) is 0 Å². The minimum atomic E-state index is -0.522. The minimum Gasteiger partial charge on any atom is -0.444 e. The molecule has 3 N–H and O–H groups in total. The summed E-state index contributed by atoms with van der Waals surface area (Å²) >= 11 is 12.1. The molecule has 0 bridgehead atoms. The van der Waals surface area contributed by atoms with Gasteiger partial charge in [0.1, 0.15) is 18.0 Å². The van der Waals surface area contributed by atoms with Gasteiger partial charge in [-0.25, -0.2) is 4.79 Å². The normalized spacial score (nSPS) is 14.8. The van der Waals surface area contributed by atoms with Crippen molar-refractivity contribution in [2.24, 2.45) is 11.0 Å². The lowest BCUT2D eigenvalue weighted by Gasteiger charge is -2.20. The molecule has 0 radical (unpaired) electrons. The maximum atomic E-state index is 12.4. The zero-order chi connectivity index (χ0) is 33.2. The highest BCUT2D eigenvalue weighted by Crippen LogP contribution is 2.29. The fourth-order valence-electron chi connectivity index (χ4n) is 3.88. The maximum Gasteiger partial charge on any atom is 0.407 e. The van der Waals surface area contributed by atoms with Crippen molar-refractivity contribution in [1.82, 2.24) is 20.9 Å². The van der Waals surface area contributed by atoms with Crippen molar-refractivity contribution in [3.05, 3.63) is 28.2 Å². The van der Waals surface area contributed by atoms with E-state index in [0.29, 0.717) is 75.0 Å². The number of anilines is 1. The number of carbonyl (C=O) groups is 3. The van der Waals surface area contributed by atoms with Crippen LogP contribution >= 0.6 is 23.2 Å². The van der Waals surface area contributed by atoms with E-state index in [1.165, 1.54) is 0 Å². The lowest BCUT2D eigenvalue weighted by Crippen LogP contribution is -2.34. The van der Waals surface area contributed by atoms with E-state index in [2.05, 4.69) is 26.0 Å². The second-order valence-electron chi connectivity index (χ2n) is 11.6. The fraction of sp³-hybridized carbons (Fsp3) is 0.667. The van der Waals surface area contributed by atoms with Crippen molar-refractivity contribution in [2.75, 3.05) is 84.4 Å². The van der Waals surface area contributed by atoms with Crippen LogP contribution in [0.5, 0.6) is 0 Å². The first-order valence-electron chi connectivity index (χ1n) is 15.1. The lowest BCUT2D eigenvalue weighted by atomic mass is 10.1. The molecule has 0 saturated heterocycles. The Morgan fingerprint density at radius 3 is 2.33 bits per heavy atom. The van der Waals surface area contributed by atoms with Crippen LogP contribution in [0.25, 0.3) is 0 Å². The summed E-state index contributed by atoms with van der Waals surface area (Å²) in [5.41, 5.74) is 0.275. The van der Waals surface area contributed by atoms with Gasteiger partial charge < -0.3 is 39.8 Å². The average Bonchev–Trinajstić information content (AvgIpc) is 3.32. The second kappa shape index (κ2) is 20.4. The number of benzene rings is 1. The summed E-state index contributed by atoms with van der Waals surface area (Å²) in [6.45, 7) is 12.3. The van der Waals surface area contributed by atoms with E-state index in [1.54, 1.807) is 17.1 Å². The second-order valence-corrected chi connectivity index (χ2v) is 12.4. The SMILES string of the molecule is CC1CN(c2ccc(Cl)c(Cl)c2)N=C1NC(=O)CCCNC(=O)COCCOCCN(C)CCOCCNC(=O)OC(C)(C)C. The number of halogens is 2. The maximum absolute atomic E-state index is 12.4. The molecule has 2 rings (SSSR count). The number of amidine groups is 1. The van der Waals surface area contributed by atoms with Gasteiger partial charge in [-0.2, -0.15) is 5.10 Å². The molecule has 45 heavy (non-hydrogen) atoms. The van der Waals surface area contributed by atoms with E-state index in [9.17, 15) is 14.4 Å². The first kappa shape index (κ1) is 38.5. The van der Waals surface area contributed by atoms with Gasteiger partial charge in [0, 0.05) is 38.5 Å². The summed E-state index contributed by atoms with van der Waals surface area (Å²) < 4.78 is 21.6. The summed E-state index contributed by atoms with van der Waals surface area (Å²) in [5, 5.41) is 15.5. The van der Waals surface area contributed by atoms with Gasteiger partial charge in [0.25, 0.3) is 0 Å². The first-order valence-corrected chi connectivity index (χ1v) is 15.9. The highest BCUT2D eigenvalue weighted by Gasteiger charge is 2.25. The summed E-state index contributed by atoms with van der Waals surface area (Å²) in [6, 6.07) is 5.28. The van der Waals surface area contributed by atoms with Gasteiger partial charge in [0.15, 0.2) is 0 Å². The number of hydrogen-bond acceptors (Lipinski definition) is 10. The molecule has 1 heterocycles. The van der Waals surface area contributed by atoms with Gasteiger partial charge >= 0.3 is 6.09 Å². The summed E-state index contributed by atoms with van der Waals surface area (Å²) in [6.07, 6.45) is 0.281. The molecule has 0 aliphatic carbocycles. The minimum absolute atomic E-state index is 0.0391. The van der Waals surface area contributed by atoms with Crippen LogP contribution in [-0.2, 0) is 28.5 Å². The zero-order valence-electron chi connectivity index (χ0n) is 27.0. The molecule has 0 aromatic heterocycles. The zero-order valence-corrected chi connectivity index (χ0v) is 28.5. The molecule has 13 nitrogen and oxygen atoms in total. The Morgan fingerprint density at radius 2 is 1.64 bits per heavy atom. The Hall–Kier alpha value is -2.68. The lowest BCUT2D eigenvalue weighted by molar-refractivity contribution is -0.126. The Balaban J connectivity index is 1.42. The van der Waals surface area contributed by atoms with Gasteiger partial charge in [-0.05, 0) is 52.4 Å². The monoisotopic (exact) mass is 674 g/mol. The van der Waals surface area contributed by atoms with Crippen LogP contribution in [0.15, 0.2) is 23.3 Å². The van der Waals surface area contributed by atoms with Crippen LogP contribution < -0.4 is 21.0 Å². The fourth-order valence-corrected chi connectivity index (χ4v) is 4.18. The van der Waals surface area contributed by atoms with E-state index in [0.717, 1.165) is 18.8 Å². The highest BCUT2D eigenvalue weighted by molar-refractivity contribution is 6.42. The third kappa shape index (κ3) is 17.0. The number of hydrogen-bond donors (Lipinski definition) is 3. The number of nitrogens with one attached hydrogen (secondary N) is 3. The smallest absolute Gasteiger partial charge is 0.407 e. The third-order valence-corrected chi connectivity index (χ3v) is 7.01. The molecule has 1 aliphatic rings. The van der Waals surface area contributed by atoms with Crippen LogP contribution in [0.1, 0.15) is 40.5 Å². The topological polar surface area (TPSA) is 143 Å². The van der Waals surface area contributed by atoms with E-state index >= 15 is 0 Å². The number of amides is 3. The van der Waals surface area contributed by atoms with Gasteiger partial charge in [-0.3, -0.25) is 14.6 Å². The Morgan fingerprint density at radius 1 is 0.956 bits per heavy atom. The van der Waals surface area contributed by atoms with Crippen molar-refractivity contribution >= 4 is 52.6 Å². The van der Waals surface area contributed by atoms with Crippen molar-refractivity contribution in [1.29, 1.82) is 0 Å². The molecule has 0 fully saturated rings. The molecule has 1 aromatic rings. The number of carbonyl (C=O) groups excluding carboxylic acids is 3. The molecule has 254 valence electrons. The predicted molar refractivity (Wildman–Crippen MR) is 175 cm³/mol. The molecule has 0 saturated carbocycles. The molecule has 1 aromatic carbocycles. The van der Waals surface area contributed by atoms with Crippen LogP contribution in [0.3, 0.4) is 0 Å². The van der Waals surface area contributed by atoms with Crippen molar-refractivity contribution < 1.29 is 33.3 Å². The molecule has 15 heteroatoms. The van der Waals surface area contributed by atoms with Gasteiger partial charge in [-0.1, -0.05) is 30.1 Å². The highest BCUT2D eigenvalue weighted by atomic mass is 35.5. The molecule has 1 atom stereocenters. The van der Waals surface area contributed by atoms with E-state index in [1.807, 2.05) is 40.8 Å². The summed E-state index contributed by atoms with van der Waals surface area (Å²) in [7, 11) is 1.96. The molecule has 0 spiro atoms. The summed E-state index contributed by atoms with van der Waals surface area (Å²) in [4.78, 5) is 38.0. The Kier molecular flexibility index (Phi) is 17.5. The first-order chi connectivity index (χ1) is 21.3. The molecule has 3 amide bonds. The van der Waals surface area contributed by atoms with E-state index in [-0.39, 0.29) is 30.8 Å². The Bertz CT molecular complexity index is 1120.